The Labute approximate surface area is 115 Å². The molecule has 0 bridgehead atoms. The van der Waals surface area contributed by atoms with Gasteiger partial charge >= 0.3 is 0 Å². The molecule has 0 nitrogen and oxygen atoms in total. The molecule has 4 heteroatoms. The van der Waals surface area contributed by atoms with Gasteiger partial charge in [0.1, 0.15) is 6.93 Å². The molecule has 2 fully saturated rings. The van der Waals surface area contributed by atoms with E-state index in [0.29, 0.717) is 0 Å². The third-order valence-electron chi connectivity index (χ3n) is 5.00. The monoisotopic (exact) mass is 334 g/mol. The topological polar surface area (TPSA) is 0 Å². The summed E-state index contributed by atoms with van der Waals surface area (Å²) in [5.41, 5.74) is 2.49. The SMILES string of the molecule is [SiH3][SiH](C1CCCCC1)[SiH](Br)C1CCCCC1. The van der Waals surface area contributed by atoms with Crippen molar-refractivity contribution in [2.24, 2.45) is 0 Å². The van der Waals surface area contributed by atoms with Crippen LogP contribution in [0.1, 0.15) is 64.2 Å². The molecule has 0 aromatic carbocycles. The minimum Gasteiger partial charge on any atom is -0.135 e. The second-order valence-electron chi connectivity index (χ2n) is 6.10. The maximum Gasteiger partial charge on any atom is 0.103 e. The van der Waals surface area contributed by atoms with Gasteiger partial charge in [-0.25, -0.2) is 0 Å². The predicted octanol–water partition coefficient (Wildman–Crippen LogP) is 2.94. The summed E-state index contributed by atoms with van der Waals surface area (Å²) in [7, 11) is 1.34. The molecule has 0 aromatic heterocycles. The van der Waals surface area contributed by atoms with E-state index in [-0.39, 0.29) is 7.83 Å². The normalized spacial score (nSPS) is 29.1. The van der Waals surface area contributed by atoms with E-state index in [4.69, 9.17) is 0 Å². The highest BCUT2D eigenvalue weighted by Gasteiger charge is 2.33. The van der Waals surface area contributed by atoms with E-state index in [1.165, 1.54) is 23.9 Å². The molecule has 0 aromatic rings. The van der Waals surface area contributed by atoms with E-state index in [2.05, 4.69) is 15.3 Å². The van der Waals surface area contributed by atoms with Crippen LogP contribution in [0.4, 0.5) is 0 Å². The fourth-order valence-corrected chi connectivity index (χ4v) is 26.6. The first-order valence-electron chi connectivity index (χ1n) is 7.43. The lowest BCUT2D eigenvalue weighted by atomic mass is 10.0. The lowest BCUT2D eigenvalue weighted by molar-refractivity contribution is 0.495. The Hall–Kier alpha value is 1.13. The number of halogens is 1. The molecule has 0 radical (unpaired) electrons. The highest BCUT2D eigenvalue weighted by Crippen LogP contribution is 2.39. The summed E-state index contributed by atoms with van der Waals surface area (Å²) in [5.74, 6) is 0. The quantitative estimate of drug-likeness (QED) is 0.549. The Morgan fingerprint density at radius 3 is 1.69 bits per heavy atom. The van der Waals surface area contributed by atoms with Crippen LogP contribution in [0.15, 0.2) is 0 Å². The van der Waals surface area contributed by atoms with E-state index >= 15 is 0 Å². The van der Waals surface area contributed by atoms with Gasteiger partial charge in [0.2, 0.25) is 0 Å². The van der Waals surface area contributed by atoms with Crippen molar-refractivity contribution in [2.75, 3.05) is 0 Å². The van der Waals surface area contributed by atoms with Gasteiger partial charge in [-0.1, -0.05) is 69.7 Å². The molecule has 0 spiro atoms. The van der Waals surface area contributed by atoms with Crippen LogP contribution in [-0.2, 0) is 0 Å². The molecule has 0 aliphatic heterocycles. The highest BCUT2D eigenvalue weighted by atomic mass is 79.9. The molecule has 0 saturated heterocycles. The van der Waals surface area contributed by atoms with Crippen molar-refractivity contribution in [3.63, 3.8) is 0 Å². The van der Waals surface area contributed by atoms with E-state index in [1.807, 2.05) is 0 Å². The molecule has 2 unspecified atom stereocenters. The van der Waals surface area contributed by atoms with Crippen LogP contribution in [0.25, 0.3) is 0 Å². The van der Waals surface area contributed by atoms with Crippen molar-refractivity contribution in [1.29, 1.82) is 0 Å². The first kappa shape index (κ1) is 13.6. The van der Waals surface area contributed by atoms with Crippen molar-refractivity contribution in [2.45, 2.75) is 75.3 Å². The Kier molecular flexibility index (Phi) is 5.85. The van der Waals surface area contributed by atoms with E-state index < -0.39 is 6.93 Å². The van der Waals surface area contributed by atoms with Crippen LogP contribution in [0.2, 0.25) is 11.1 Å². The van der Waals surface area contributed by atoms with Crippen molar-refractivity contribution in [3.8, 4) is 0 Å². The van der Waals surface area contributed by atoms with Gasteiger partial charge in [-0.15, -0.1) is 15.3 Å². The summed E-state index contributed by atoms with van der Waals surface area (Å²) in [4.78, 5) is 0. The van der Waals surface area contributed by atoms with Crippen LogP contribution in [0.5, 0.6) is 0 Å². The number of hydrogen-bond acceptors (Lipinski definition) is 0. The Balaban J connectivity index is 1.84. The molecular weight excluding hydrogens is 308 g/mol. The molecule has 2 saturated carbocycles. The third-order valence-corrected chi connectivity index (χ3v) is 43.8. The lowest BCUT2D eigenvalue weighted by Gasteiger charge is -2.34. The second-order valence-corrected chi connectivity index (χ2v) is 30.0. The van der Waals surface area contributed by atoms with E-state index in [9.17, 15) is 0 Å². The smallest absolute Gasteiger partial charge is 0.103 e. The lowest BCUT2D eigenvalue weighted by Crippen LogP contribution is -2.40. The maximum absolute atomic E-state index is 4.28. The Morgan fingerprint density at radius 2 is 1.19 bits per heavy atom. The van der Waals surface area contributed by atoms with Gasteiger partial charge in [-0.05, 0) is 15.3 Å². The van der Waals surface area contributed by atoms with Crippen LogP contribution in [0, 0.1) is 0 Å². The predicted molar refractivity (Wildman–Crippen MR) is 86.8 cm³/mol. The van der Waals surface area contributed by atoms with Gasteiger partial charge in [0, 0.05) is 7.83 Å². The molecular formula is C12H27BrSi3. The molecule has 2 aliphatic rings. The van der Waals surface area contributed by atoms with Gasteiger partial charge in [0.05, 0.1) is 0 Å². The van der Waals surface area contributed by atoms with Crippen LogP contribution >= 0.6 is 15.3 Å². The average molecular weight is 336 g/mol. The fourth-order valence-electron chi connectivity index (χ4n) is 3.80. The zero-order chi connectivity index (χ0) is 11.4. The van der Waals surface area contributed by atoms with Gasteiger partial charge in [0.25, 0.3) is 0 Å². The zero-order valence-corrected chi connectivity index (χ0v) is 16.7. The number of rotatable bonds is 3. The molecule has 2 atom stereocenters. The van der Waals surface area contributed by atoms with Crippen molar-refractivity contribution < 1.29 is 0 Å². The molecule has 2 rings (SSSR count). The standard InChI is InChI=1S/C12H27BrSi3/c13-15(11-7-3-1-4-8-11)16(14)12-9-5-2-6-10-12/h11-12,15-16H,1-10H2,14H3. The fraction of sp³-hybridized carbons (Fsp3) is 1.00. The Morgan fingerprint density at radius 1 is 0.750 bits per heavy atom. The summed E-state index contributed by atoms with van der Waals surface area (Å²) < 4.78 is 0. The average Bonchev–Trinajstić information content (AvgIpc) is 2.39. The van der Waals surface area contributed by atoms with Crippen LogP contribution in [-0.4, -0.2) is 24.5 Å². The molecule has 94 valence electrons. The molecule has 0 heterocycles. The Bertz CT molecular complexity index is 178. The van der Waals surface area contributed by atoms with Gasteiger partial charge in [-0.2, -0.15) is 0 Å². The van der Waals surface area contributed by atoms with E-state index in [0.717, 1.165) is 0 Å². The van der Waals surface area contributed by atoms with Crippen molar-refractivity contribution in [3.05, 3.63) is 0 Å². The first-order chi connectivity index (χ1) is 7.79. The summed E-state index contributed by atoms with van der Waals surface area (Å²) in [6, 6.07) is 0. The summed E-state index contributed by atoms with van der Waals surface area (Å²) in [6.07, 6.45) is 15.7. The molecule has 16 heavy (non-hydrogen) atoms. The summed E-state index contributed by atoms with van der Waals surface area (Å²) in [6.45, 7) is -0.438. The molecule has 0 N–H and O–H groups in total. The first-order valence-corrected chi connectivity index (χ1v) is 19.2. The van der Waals surface area contributed by atoms with E-state index in [1.54, 1.807) is 61.1 Å². The third kappa shape index (κ3) is 3.56. The summed E-state index contributed by atoms with van der Waals surface area (Å²) >= 11 is 4.28. The minimum absolute atomic E-state index is 0.256. The highest BCUT2D eigenvalue weighted by molar-refractivity contribution is 9.26. The molecule has 2 aliphatic carbocycles. The van der Waals surface area contributed by atoms with Crippen LogP contribution < -0.4 is 0 Å². The largest absolute Gasteiger partial charge is 0.135 e. The maximum atomic E-state index is 4.28. The number of hydrogen-bond donors (Lipinski definition) is 0. The van der Waals surface area contributed by atoms with Gasteiger partial charge in [-0.3, -0.25) is 0 Å². The second kappa shape index (κ2) is 6.90. The van der Waals surface area contributed by atoms with Crippen LogP contribution in [0.3, 0.4) is 0 Å². The zero-order valence-electron chi connectivity index (χ0n) is 10.8. The van der Waals surface area contributed by atoms with Crippen molar-refractivity contribution in [1.82, 2.24) is 0 Å². The van der Waals surface area contributed by atoms with Gasteiger partial charge < -0.3 is 0 Å². The molecule has 0 amide bonds. The summed E-state index contributed by atoms with van der Waals surface area (Å²) in [5, 5.41) is 0. The van der Waals surface area contributed by atoms with Crippen molar-refractivity contribution >= 4 is 39.8 Å². The van der Waals surface area contributed by atoms with Gasteiger partial charge in [0.15, 0.2) is 0 Å². The minimum atomic E-state index is -0.438.